The molecule has 0 bridgehead atoms. The summed E-state index contributed by atoms with van der Waals surface area (Å²) in [6.45, 7) is 2.15. The molecule has 3 aromatic rings. The average Bonchev–Trinajstić information content (AvgIpc) is 3.11. The van der Waals surface area contributed by atoms with E-state index in [0.29, 0.717) is 5.76 Å². The lowest BCUT2D eigenvalue weighted by molar-refractivity contribution is -0.920. The van der Waals surface area contributed by atoms with Crippen LogP contribution in [0, 0.1) is 0 Å². The first-order valence-corrected chi connectivity index (χ1v) is 9.22. The van der Waals surface area contributed by atoms with Crippen LogP contribution in [0.2, 0.25) is 0 Å². The maximum atomic E-state index is 13.3. The smallest absolute Gasteiger partial charge is 0.255 e. The lowest BCUT2D eigenvalue weighted by Crippen LogP contribution is -3.17. The van der Waals surface area contributed by atoms with Gasteiger partial charge in [0.15, 0.2) is 11.8 Å². The van der Waals surface area contributed by atoms with Crippen molar-refractivity contribution in [1.82, 2.24) is 0 Å². The van der Waals surface area contributed by atoms with Crippen molar-refractivity contribution < 1.29 is 14.1 Å². The van der Waals surface area contributed by atoms with Crippen molar-refractivity contribution in [1.29, 1.82) is 0 Å². The predicted octanol–water partition coefficient (Wildman–Crippen LogP) is 3.30. The Morgan fingerprint density at radius 1 is 0.960 bits per heavy atom. The first-order valence-electron chi connectivity index (χ1n) is 9.22. The lowest BCUT2D eigenvalue weighted by Gasteiger charge is -2.30. The van der Waals surface area contributed by atoms with Crippen molar-refractivity contribution in [2.75, 3.05) is 13.1 Å². The average molecular weight is 334 g/mol. The fraction of sp³-hybridized carbons (Fsp3) is 0.318. The summed E-state index contributed by atoms with van der Waals surface area (Å²) in [6.07, 6.45) is 4.45. The second kappa shape index (κ2) is 7.24. The van der Waals surface area contributed by atoms with E-state index in [0.717, 1.165) is 30.5 Å². The topological polar surface area (TPSA) is 34.6 Å². The zero-order chi connectivity index (χ0) is 17.1. The molecule has 2 aromatic carbocycles. The molecule has 3 nitrogen and oxygen atoms in total. The van der Waals surface area contributed by atoms with Crippen LogP contribution in [0.25, 0.3) is 11.0 Å². The fourth-order valence-electron chi connectivity index (χ4n) is 3.90. The van der Waals surface area contributed by atoms with Crippen molar-refractivity contribution in [2.24, 2.45) is 0 Å². The fourth-order valence-corrected chi connectivity index (χ4v) is 3.90. The van der Waals surface area contributed by atoms with Gasteiger partial charge >= 0.3 is 0 Å². The van der Waals surface area contributed by atoms with Crippen LogP contribution in [0.4, 0.5) is 0 Å². The second-order valence-electron chi connectivity index (χ2n) is 6.97. The van der Waals surface area contributed by atoms with Gasteiger partial charge in [0.05, 0.1) is 13.1 Å². The van der Waals surface area contributed by atoms with Gasteiger partial charge in [-0.15, -0.1) is 0 Å². The SMILES string of the molecule is O=C(c1cc2ccccc2o1)[C@H](Cc1ccccc1)[NH+]1CCCCC1. The first-order chi connectivity index (χ1) is 12.3. The van der Waals surface area contributed by atoms with Crippen LogP contribution in [0.3, 0.4) is 0 Å². The number of piperidine rings is 1. The molecule has 1 aliphatic heterocycles. The highest BCUT2D eigenvalue weighted by atomic mass is 16.3. The molecule has 2 heterocycles. The van der Waals surface area contributed by atoms with Crippen LogP contribution >= 0.6 is 0 Å². The molecule has 1 aliphatic rings. The number of furan rings is 1. The number of likely N-dealkylation sites (tertiary alicyclic amines) is 1. The van der Waals surface area contributed by atoms with E-state index in [2.05, 4.69) is 12.1 Å². The van der Waals surface area contributed by atoms with Gasteiger partial charge in [-0.2, -0.15) is 0 Å². The number of nitrogens with one attached hydrogen (secondary N) is 1. The number of hydrogen-bond donors (Lipinski definition) is 1. The number of fused-ring (bicyclic) bond motifs is 1. The molecule has 25 heavy (non-hydrogen) atoms. The Kier molecular flexibility index (Phi) is 4.66. The van der Waals surface area contributed by atoms with Crippen molar-refractivity contribution in [3.63, 3.8) is 0 Å². The predicted molar refractivity (Wildman–Crippen MR) is 99.0 cm³/mol. The summed E-state index contributed by atoms with van der Waals surface area (Å²) in [4.78, 5) is 14.7. The van der Waals surface area contributed by atoms with Crippen LogP contribution in [0.15, 0.2) is 65.1 Å². The van der Waals surface area contributed by atoms with Gasteiger partial charge in [-0.1, -0.05) is 48.5 Å². The van der Waals surface area contributed by atoms with Crippen molar-refractivity contribution in [2.45, 2.75) is 31.7 Å². The Balaban J connectivity index is 1.64. The number of Topliss-reactive ketones (excluding diaryl/α,β-unsaturated/α-hetero) is 1. The number of carbonyl (C=O) groups excluding carboxylic acids is 1. The van der Waals surface area contributed by atoms with Crippen molar-refractivity contribution in [3.8, 4) is 0 Å². The summed E-state index contributed by atoms with van der Waals surface area (Å²) in [5, 5.41) is 0.998. The van der Waals surface area contributed by atoms with Crippen LogP contribution < -0.4 is 4.90 Å². The highest BCUT2D eigenvalue weighted by molar-refractivity contribution is 6.00. The number of hydrogen-bond acceptors (Lipinski definition) is 2. The maximum Gasteiger partial charge on any atom is 0.255 e. The highest BCUT2D eigenvalue weighted by Gasteiger charge is 2.33. The van der Waals surface area contributed by atoms with Crippen LogP contribution in [-0.4, -0.2) is 24.9 Å². The third kappa shape index (κ3) is 3.52. The van der Waals surface area contributed by atoms with Gasteiger partial charge in [0, 0.05) is 11.8 Å². The van der Waals surface area contributed by atoms with E-state index in [1.165, 1.54) is 29.7 Å². The van der Waals surface area contributed by atoms with Crippen LogP contribution in [0.1, 0.15) is 35.4 Å². The molecule has 0 saturated carbocycles. The summed E-state index contributed by atoms with van der Waals surface area (Å²) >= 11 is 0. The zero-order valence-corrected chi connectivity index (χ0v) is 14.4. The normalized spacial score (nSPS) is 16.8. The third-order valence-corrected chi connectivity index (χ3v) is 5.26. The Morgan fingerprint density at radius 3 is 2.44 bits per heavy atom. The van der Waals surface area contributed by atoms with Gasteiger partial charge in [0.2, 0.25) is 0 Å². The highest BCUT2D eigenvalue weighted by Crippen LogP contribution is 2.20. The van der Waals surface area contributed by atoms with E-state index in [4.69, 9.17) is 4.42 Å². The van der Waals surface area contributed by atoms with Gasteiger partial charge in [-0.05, 0) is 37.0 Å². The van der Waals surface area contributed by atoms with Crippen molar-refractivity contribution in [3.05, 3.63) is 72.0 Å². The van der Waals surface area contributed by atoms with E-state index < -0.39 is 0 Å². The molecule has 1 N–H and O–H groups in total. The summed E-state index contributed by atoms with van der Waals surface area (Å²) in [6, 6.07) is 20.0. The number of para-hydroxylation sites is 1. The molecule has 128 valence electrons. The molecule has 1 fully saturated rings. The summed E-state index contributed by atoms with van der Waals surface area (Å²) in [5.41, 5.74) is 2.01. The molecule has 1 aromatic heterocycles. The molecular weight excluding hydrogens is 310 g/mol. The summed E-state index contributed by atoms with van der Waals surface area (Å²) < 4.78 is 5.88. The molecule has 1 atom stereocenters. The monoisotopic (exact) mass is 334 g/mol. The molecule has 0 amide bonds. The minimum atomic E-state index is -0.0664. The van der Waals surface area contributed by atoms with Gasteiger partial charge in [-0.25, -0.2) is 0 Å². The standard InChI is InChI=1S/C22H23NO2/c24-22(21-16-18-11-5-6-12-20(18)25-21)19(23-13-7-2-8-14-23)15-17-9-3-1-4-10-17/h1,3-6,9-12,16,19H,2,7-8,13-15H2/p+1/t19-/m0/s1. The number of carbonyl (C=O) groups is 1. The van der Waals surface area contributed by atoms with Gasteiger partial charge in [0.25, 0.3) is 5.78 Å². The quantitative estimate of drug-likeness (QED) is 0.727. The third-order valence-electron chi connectivity index (χ3n) is 5.26. The van der Waals surface area contributed by atoms with Crippen molar-refractivity contribution >= 4 is 16.8 Å². The Bertz CT molecular complexity index is 814. The molecule has 1 saturated heterocycles. The van der Waals surface area contributed by atoms with E-state index in [1.54, 1.807) is 0 Å². The maximum absolute atomic E-state index is 13.3. The van der Waals surface area contributed by atoms with Crippen LogP contribution in [0.5, 0.6) is 0 Å². The number of quaternary nitrogens is 1. The molecule has 0 aliphatic carbocycles. The summed E-state index contributed by atoms with van der Waals surface area (Å²) in [5.74, 6) is 0.636. The molecule has 0 spiro atoms. The van der Waals surface area contributed by atoms with E-state index in [9.17, 15) is 4.79 Å². The van der Waals surface area contributed by atoms with E-state index in [1.807, 2.05) is 48.5 Å². The van der Waals surface area contributed by atoms with Gasteiger partial charge in [-0.3, -0.25) is 4.79 Å². The van der Waals surface area contributed by atoms with Crippen LogP contribution in [-0.2, 0) is 6.42 Å². The summed E-state index contributed by atoms with van der Waals surface area (Å²) in [7, 11) is 0. The van der Waals surface area contributed by atoms with Gasteiger partial charge in [0.1, 0.15) is 5.58 Å². The van der Waals surface area contributed by atoms with E-state index >= 15 is 0 Å². The van der Waals surface area contributed by atoms with E-state index in [-0.39, 0.29) is 11.8 Å². The number of ketones is 1. The largest absolute Gasteiger partial charge is 0.453 e. The second-order valence-corrected chi connectivity index (χ2v) is 6.97. The zero-order valence-electron chi connectivity index (χ0n) is 14.4. The Morgan fingerprint density at radius 2 is 1.68 bits per heavy atom. The molecular formula is C22H24NO2+. The molecule has 4 rings (SSSR count). The minimum Gasteiger partial charge on any atom is -0.453 e. The number of benzene rings is 2. The lowest BCUT2D eigenvalue weighted by atomic mass is 9.97. The first kappa shape index (κ1) is 16.1. The minimum absolute atomic E-state index is 0.0664. The molecule has 3 heteroatoms. The Labute approximate surface area is 148 Å². The Hall–Kier alpha value is -2.39. The number of rotatable bonds is 5. The van der Waals surface area contributed by atoms with Gasteiger partial charge < -0.3 is 9.32 Å². The molecule has 0 radical (unpaired) electrons. The molecule has 0 unspecified atom stereocenters.